The molecule has 0 fully saturated rings. The fourth-order valence-electron chi connectivity index (χ4n) is 2.83. The minimum atomic E-state index is -1.09. The molecule has 147 valence electrons. The minimum Gasteiger partial charge on any atom is -1.00 e. The summed E-state index contributed by atoms with van der Waals surface area (Å²) in [7, 11) is -1.09. The van der Waals surface area contributed by atoms with Crippen LogP contribution in [0.25, 0.3) is 22.4 Å². The van der Waals surface area contributed by atoms with Crippen LogP contribution in [0.4, 0.5) is 0 Å². The van der Waals surface area contributed by atoms with E-state index in [2.05, 4.69) is 36.8 Å². The number of ether oxygens (including phenoxy) is 1. The minimum absolute atomic E-state index is 0. The van der Waals surface area contributed by atoms with Crippen molar-refractivity contribution in [3.8, 4) is 22.4 Å². The Hall–Kier alpha value is -1.15. The molecule has 2 aromatic heterocycles. The van der Waals surface area contributed by atoms with E-state index < -0.39 is 8.07 Å². The Morgan fingerprint density at radius 3 is 2.48 bits per heavy atom. The third-order valence-corrected chi connectivity index (χ3v) is 6.11. The Morgan fingerprint density at radius 1 is 1.10 bits per heavy atom. The fourth-order valence-corrected chi connectivity index (χ4v) is 3.58. The number of nitrogens with zero attached hydrogens (tertiary/aromatic N) is 3. The van der Waals surface area contributed by atoms with Gasteiger partial charge < -0.3 is 11.9 Å². The average Bonchev–Trinajstić information content (AvgIpc) is 3.09. The summed E-state index contributed by atoms with van der Waals surface area (Å²) in [4.78, 5) is 4.13. The van der Waals surface area contributed by atoms with E-state index in [4.69, 9.17) is 15.6 Å². The van der Waals surface area contributed by atoms with Crippen LogP contribution in [0.5, 0.6) is 0 Å². The summed E-state index contributed by atoms with van der Waals surface area (Å²) in [6.07, 6.45) is 5.66. The summed E-state index contributed by atoms with van der Waals surface area (Å²) in [5.41, 5.74) is 11.1. The zero-order chi connectivity index (χ0) is 19.3. The first-order chi connectivity index (χ1) is 13.0. The van der Waals surface area contributed by atoms with Crippen LogP contribution < -0.4 is 24.6 Å². The Morgan fingerprint density at radius 2 is 1.83 bits per heavy atom. The van der Waals surface area contributed by atoms with Gasteiger partial charge in [-0.1, -0.05) is 37.8 Å². The van der Waals surface area contributed by atoms with Crippen molar-refractivity contribution in [2.24, 2.45) is 5.73 Å². The topological polar surface area (TPSA) is 66.0 Å². The Balaban J connectivity index is 0.00000280. The molecule has 29 heavy (non-hydrogen) atoms. The molecule has 0 aliphatic rings. The van der Waals surface area contributed by atoms with Crippen molar-refractivity contribution in [3.05, 3.63) is 60.6 Å². The third-order valence-electron chi connectivity index (χ3n) is 4.41. The van der Waals surface area contributed by atoms with E-state index in [0.717, 1.165) is 40.6 Å². The number of rotatable bonds is 8. The molecule has 3 aromatic rings. The second kappa shape index (κ2) is 11.9. The largest absolute Gasteiger partial charge is 1.00 e. The molecule has 0 spiro atoms. The number of hydrogen-bond donors (Lipinski definition) is 1. The maximum atomic E-state index is 5.88. The molecule has 2 heterocycles. The average molecular weight is 415 g/mol. The summed E-state index contributed by atoms with van der Waals surface area (Å²) < 4.78 is 7.76. The Kier molecular flexibility index (Phi) is 10.6. The molecular formula is C21H29AlLiN4OSi. The molecule has 2 N–H and O–H groups in total. The maximum absolute atomic E-state index is 5.88. The maximum Gasteiger partial charge on any atom is 1.00 e. The number of pyridine rings is 1. The molecule has 0 unspecified atom stereocenters. The second-order valence-corrected chi connectivity index (χ2v) is 13.5. The van der Waals surface area contributed by atoms with Gasteiger partial charge in [0.15, 0.2) is 0 Å². The van der Waals surface area contributed by atoms with Crippen molar-refractivity contribution >= 4 is 25.4 Å². The van der Waals surface area contributed by atoms with Crippen molar-refractivity contribution in [1.29, 1.82) is 0 Å². The molecule has 3 rings (SSSR count). The van der Waals surface area contributed by atoms with Crippen LogP contribution in [0.3, 0.4) is 0 Å². The third kappa shape index (κ3) is 7.55. The van der Waals surface area contributed by atoms with E-state index in [0.29, 0.717) is 13.3 Å². The molecule has 3 radical (unpaired) electrons. The van der Waals surface area contributed by atoms with Gasteiger partial charge in [-0.3, -0.25) is 4.98 Å². The molecule has 0 bridgehead atoms. The number of aromatic nitrogens is 3. The summed E-state index contributed by atoms with van der Waals surface area (Å²) in [6.45, 7) is 8.81. The second-order valence-electron chi connectivity index (χ2n) is 7.92. The standard InChI is InChI=1S/C21H28N4OSi.Al.Li.H/c1-27(2,3)12-11-26-16-25-15-20(18-7-9-23-10-8-18)21(24-25)19-6-4-5-17(13-19)14-22;;;/h4-10,13,15H,11-12,14,16,22H2,1-3H3;;;/q;;+1;-1. The van der Waals surface area contributed by atoms with Crippen LogP contribution >= 0.6 is 0 Å². The van der Waals surface area contributed by atoms with Crippen molar-refractivity contribution in [2.75, 3.05) is 6.61 Å². The molecule has 0 aliphatic carbocycles. The van der Waals surface area contributed by atoms with Gasteiger partial charge in [0.25, 0.3) is 0 Å². The van der Waals surface area contributed by atoms with Gasteiger partial charge in [-0.25, -0.2) is 4.68 Å². The van der Waals surface area contributed by atoms with E-state index in [1.54, 1.807) is 12.4 Å². The molecule has 0 saturated carbocycles. The summed E-state index contributed by atoms with van der Waals surface area (Å²) in [6, 6.07) is 13.4. The van der Waals surface area contributed by atoms with Gasteiger partial charge in [-0.05, 0) is 35.4 Å². The predicted octanol–water partition coefficient (Wildman–Crippen LogP) is 1.12. The zero-order valence-electron chi connectivity index (χ0n) is 18.9. The van der Waals surface area contributed by atoms with Crippen molar-refractivity contribution in [2.45, 2.75) is 39.0 Å². The summed E-state index contributed by atoms with van der Waals surface area (Å²) in [5, 5.41) is 4.81. The number of hydrogen-bond acceptors (Lipinski definition) is 4. The molecule has 0 atom stereocenters. The van der Waals surface area contributed by atoms with Crippen LogP contribution in [0.1, 0.15) is 6.99 Å². The van der Waals surface area contributed by atoms with Gasteiger partial charge >= 0.3 is 18.9 Å². The van der Waals surface area contributed by atoms with Crippen molar-refractivity contribution in [1.82, 2.24) is 14.8 Å². The quantitative estimate of drug-likeness (QED) is 0.442. The normalized spacial score (nSPS) is 10.9. The zero-order valence-corrected chi connectivity index (χ0v) is 20.1. The van der Waals surface area contributed by atoms with E-state index in [1.807, 2.05) is 35.1 Å². The molecule has 0 amide bonds. The molecule has 5 nitrogen and oxygen atoms in total. The van der Waals surface area contributed by atoms with E-state index in [-0.39, 0.29) is 37.6 Å². The van der Waals surface area contributed by atoms with Crippen LogP contribution in [-0.2, 0) is 18.0 Å². The van der Waals surface area contributed by atoms with Crippen LogP contribution in [0.2, 0.25) is 25.7 Å². The summed E-state index contributed by atoms with van der Waals surface area (Å²) in [5.74, 6) is 0. The van der Waals surface area contributed by atoms with Gasteiger partial charge in [0.1, 0.15) is 12.4 Å². The first kappa shape index (κ1) is 25.9. The Labute approximate surface area is 198 Å². The van der Waals surface area contributed by atoms with Crippen molar-refractivity contribution < 1.29 is 25.0 Å². The molecular weight excluding hydrogens is 386 g/mol. The molecule has 1 aromatic carbocycles. The molecule has 0 saturated heterocycles. The van der Waals surface area contributed by atoms with E-state index in [9.17, 15) is 0 Å². The van der Waals surface area contributed by atoms with Gasteiger partial charge in [-0.2, -0.15) is 5.10 Å². The van der Waals surface area contributed by atoms with Crippen molar-refractivity contribution in [3.63, 3.8) is 0 Å². The SMILES string of the molecule is C[Si](C)(C)CCOCn1cc(-c2ccncc2)c(-c2cccc(CN)c2)n1.[Al].[H-].[Li+]. The monoisotopic (exact) mass is 415 g/mol. The Bertz CT molecular complexity index is 890. The molecule has 0 aliphatic heterocycles. The number of benzene rings is 1. The van der Waals surface area contributed by atoms with E-state index in [1.165, 1.54) is 0 Å². The summed E-state index contributed by atoms with van der Waals surface area (Å²) >= 11 is 0. The number of nitrogens with two attached hydrogens (primary N) is 1. The van der Waals surface area contributed by atoms with Gasteiger partial charge in [0.2, 0.25) is 0 Å². The fraction of sp³-hybridized carbons (Fsp3) is 0.333. The first-order valence-electron chi connectivity index (χ1n) is 9.31. The van der Waals surface area contributed by atoms with Crippen LogP contribution in [0, 0.1) is 0 Å². The van der Waals surface area contributed by atoms with Crippen LogP contribution in [0.15, 0.2) is 55.0 Å². The van der Waals surface area contributed by atoms with Gasteiger partial charge in [-0.15, -0.1) is 0 Å². The van der Waals surface area contributed by atoms with Gasteiger partial charge in [0, 0.05) is 68.3 Å². The van der Waals surface area contributed by atoms with Gasteiger partial charge in [0.05, 0.1) is 0 Å². The predicted molar refractivity (Wildman–Crippen MR) is 120 cm³/mol. The molecule has 8 heteroatoms. The van der Waals surface area contributed by atoms with Crippen LogP contribution in [-0.4, -0.2) is 46.8 Å². The van der Waals surface area contributed by atoms with E-state index >= 15 is 0 Å². The first-order valence-corrected chi connectivity index (χ1v) is 13.0. The smallest absolute Gasteiger partial charge is 1.00 e.